The van der Waals surface area contributed by atoms with Crippen molar-refractivity contribution in [3.05, 3.63) is 24.0 Å². The number of anilines is 1. The van der Waals surface area contributed by atoms with Crippen molar-refractivity contribution in [2.45, 2.75) is 19.3 Å². The first-order chi connectivity index (χ1) is 5.20. The molecule has 0 atom stereocenters. The van der Waals surface area contributed by atoms with Gasteiger partial charge in [-0.1, -0.05) is 13.8 Å². The number of hydrogen-bond acceptors (Lipinski definition) is 2. The fourth-order valence-corrected chi connectivity index (χ4v) is 1.49. The molecule has 0 aliphatic carbocycles. The van der Waals surface area contributed by atoms with E-state index in [1.807, 2.05) is 12.3 Å². The Bertz CT molecular complexity index is 279. The third-order valence-electron chi connectivity index (χ3n) is 2.17. The summed E-state index contributed by atoms with van der Waals surface area (Å²) in [6, 6.07) is 4.05. The Balaban J connectivity index is 2.56. The normalized spacial score (nSPS) is 19.1. The number of nitrogens with zero attached hydrogens (tertiary/aromatic N) is 1. The average molecular weight is 148 g/mol. The topological polar surface area (TPSA) is 24.9 Å². The van der Waals surface area contributed by atoms with Gasteiger partial charge in [0, 0.05) is 18.2 Å². The zero-order chi connectivity index (χ0) is 7.90. The lowest BCUT2D eigenvalue weighted by Gasteiger charge is -2.14. The summed E-state index contributed by atoms with van der Waals surface area (Å²) in [6.45, 7) is 5.41. The summed E-state index contributed by atoms with van der Waals surface area (Å²) in [6.07, 6.45) is 1.85. The van der Waals surface area contributed by atoms with Crippen LogP contribution in [0.3, 0.4) is 0 Å². The Hall–Kier alpha value is -1.05. The SMILES string of the molecule is CC1(C)CNc2cccnc21. The second-order valence-electron chi connectivity index (χ2n) is 3.64. The smallest absolute Gasteiger partial charge is 0.0708 e. The van der Waals surface area contributed by atoms with Gasteiger partial charge in [-0.2, -0.15) is 0 Å². The van der Waals surface area contributed by atoms with Crippen molar-refractivity contribution < 1.29 is 0 Å². The fraction of sp³-hybridized carbons (Fsp3) is 0.444. The maximum Gasteiger partial charge on any atom is 0.0708 e. The summed E-state index contributed by atoms with van der Waals surface area (Å²) >= 11 is 0. The fourth-order valence-electron chi connectivity index (χ4n) is 1.49. The summed E-state index contributed by atoms with van der Waals surface area (Å²) in [4.78, 5) is 4.35. The van der Waals surface area contributed by atoms with Crippen molar-refractivity contribution in [2.24, 2.45) is 0 Å². The minimum atomic E-state index is 0.205. The molecule has 0 amide bonds. The highest BCUT2D eigenvalue weighted by Gasteiger charge is 2.30. The summed E-state index contributed by atoms with van der Waals surface area (Å²) in [5.41, 5.74) is 2.59. The summed E-state index contributed by atoms with van der Waals surface area (Å²) in [5.74, 6) is 0. The highest BCUT2D eigenvalue weighted by molar-refractivity contribution is 5.55. The van der Waals surface area contributed by atoms with Crippen molar-refractivity contribution >= 4 is 5.69 Å². The van der Waals surface area contributed by atoms with E-state index in [0.29, 0.717) is 0 Å². The molecule has 0 saturated heterocycles. The number of nitrogens with one attached hydrogen (secondary N) is 1. The van der Waals surface area contributed by atoms with Crippen LogP contribution in [0.1, 0.15) is 19.5 Å². The van der Waals surface area contributed by atoms with Crippen LogP contribution in [0.5, 0.6) is 0 Å². The van der Waals surface area contributed by atoms with E-state index in [1.165, 1.54) is 11.4 Å². The minimum Gasteiger partial charge on any atom is -0.383 e. The molecule has 1 aliphatic rings. The third-order valence-corrected chi connectivity index (χ3v) is 2.17. The molecular formula is C9H12N2. The van der Waals surface area contributed by atoms with E-state index in [0.717, 1.165) is 6.54 Å². The number of fused-ring (bicyclic) bond motifs is 1. The van der Waals surface area contributed by atoms with Crippen LogP contribution in [0.2, 0.25) is 0 Å². The molecule has 2 rings (SSSR count). The predicted octanol–water partition coefficient (Wildman–Crippen LogP) is 1.78. The van der Waals surface area contributed by atoms with Gasteiger partial charge in [-0.3, -0.25) is 4.98 Å². The second kappa shape index (κ2) is 1.97. The number of pyridine rings is 1. The van der Waals surface area contributed by atoms with Crippen LogP contribution in [-0.2, 0) is 5.41 Å². The van der Waals surface area contributed by atoms with Crippen molar-refractivity contribution in [1.29, 1.82) is 0 Å². The molecule has 58 valence electrons. The molecule has 11 heavy (non-hydrogen) atoms. The Morgan fingerprint density at radius 1 is 1.55 bits per heavy atom. The zero-order valence-electron chi connectivity index (χ0n) is 6.89. The van der Waals surface area contributed by atoms with Gasteiger partial charge < -0.3 is 5.32 Å². The zero-order valence-corrected chi connectivity index (χ0v) is 6.89. The third kappa shape index (κ3) is 0.897. The van der Waals surface area contributed by atoms with Crippen molar-refractivity contribution in [3.8, 4) is 0 Å². The highest BCUT2D eigenvalue weighted by Crippen LogP contribution is 2.33. The van der Waals surface area contributed by atoms with Gasteiger partial charge in [-0.05, 0) is 12.1 Å². The van der Waals surface area contributed by atoms with Gasteiger partial charge >= 0.3 is 0 Å². The van der Waals surface area contributed by atoms with E-state index in [4.69, 9.17) is 0 Å². The van der Waals surface area contributed by atoms with Gasteiger partial charge in [0.2, 0.25) is 0 Å². The molecule has 1 aromatic rings. The molecule has 2 nitrogen and oxygen atoms in total. The quantitative estimate of drug-likeness (QED) is 0.606. The predicted molar refractivity (Wildman–Crippen MR) is 45.8 cm³/mol. The van der Waals surface area contributed by atoms with Gasteiger partial charge in [0.25, 0.3) is 0 Å². The van der Waals surface area contributed by atoms with E-state index in [-0.39, 0.29) is 5.41 Å². The summed E-state index contributed by atoms with van der Waals surface area (Å²) < 4.78 is 0. The monoisotopic (exact) mass is 148 g/mol. The molecule has 0 saturated carbocycles. The second-order valence-corrected chi connectivity index (χ2v) is 3.64. The Labute approximate surface area is 66.7 Å². The lowest BCUT2D eigenvalue weighted by Crippen LogP contribution is -2.19. The van der Waals surface area contributed by atoms with E-state index in [1.54, 1.807) is 0 Å². The van der Waals surface area contributed by atoms with Crippen molar-refractivity contribution in [1.82, 2.24) is 4.98 Å². The van der Waals surface area contributed by atoms with Crippen LogP contribution in [0, 0.1) is 0 Å². The van der Waals surface area contributed by atoms with Crippen LogP contribution in [-0.4, -0.2) is 11.5 Å². The van der Waals surface area contributed by atoms with Gasteiger partial charge in [0.1, 0.15) is 0 Å². The maximum atomic E-state index is 4.35. The van der Waals surface area contributed by atoms with E-state index in [2.05, 4.69) is 30.2 Å². The lowest BCUT2D eigenvalue weighted by molar-refractivity contribution is 0.569. The molecule has 2 heteroatoms. The number of rotatable bonds is 0. The number of aromatic nitrogens is 1. The molecule has 2 heterocycles. The Kier molecular flexibility index (Phi) is 1.19. The van der Waals surface area contributed by atoms with Crippen LogP contribution >= 0.6 is 0 Å². The molecule has 0 aromatic carbocycles. The van der Waals surface area contributed by atoms with Gasteiger partial charge in [0.05, 0.1) is 11.4 Å². The van der Waals surface area contributed by atoms with Crippen molar-refractivity contribution in [2.75, 3.05) is 11.9 Å². The molecular weight excluding hydrogens is 136 g/mol. The molecule has 1 N–H and O–H groups in total. The van der Waals surface area contributed by atoms with E-state index < -0.39 is 0 Å². The molecule has 0 fully saturated rings. The first-order valence-corrected chi connectivity index (χ1v) is 3.89. The van der Waals surface area contributed by atoms with Crippen LogP contribution < -0.4 is 5.32 Å². The van der Waals surface area contributed by atoms with Crippen molar-refractivity contribution in [3.63, 3.8) is 0 Å². The Morgan fingerprint density at radius 2 is 2.36 bits per heavy atom. The van der Waals surface area contributed by atoms with Gasteiger partial charge in [-0.25, -0.2) is 0 Å². The average Bonchev–Trinajstić information content (AvgIpc) is 2.29. The molecule has 1 aliphatic heterocycles. The van der Waals surface area contributed by atoms with Gasteiger partial charge in [0.15, 0.2) is 0 Å². The van der Waals surface area contributed by atoms with Crippen LogP contribution in [0.4, 0.5) is 5.69 Å². The molecule has 0 radical (unpaired) electrons. The van der Waals surface area contributed by atoms with E-state index >= 15 is 0 Å². The molecule has 1 aromatic heterocycles. The first-order valence-electron chi connectivity index (χ1n) is 3.89. The number of hydrogen-bond donors (Lipinski definition) is 1. The highest BCUT2D eigenvalue weighted by atomic mass is 15.0. The van der Waals surface area contributed by atoms with E-state index in [9.17, 15) is 0 Å². The minimum absolute atomic E-state index is 0.205. The molecule has 0 unspecified atom stereocenters. The largest absolute Gasteiger partial charge is 0.383 e. The lowest BCUT2D eigenvalue weighted by atomic mass is 9.91. The first kappa shape index (κ1) is 6.65. The van der Waals surface area contributed by atoms with Crippen LogP contribution in [0.15, 0.2) is 18.3 Å². The molecule has 0 spiro atoms. The standard InChI is InChI=1S/C9H12N2/c1-9(2)6-11-7-4-3-5-10-8(7)9/h3-5,11H,6H2,1-2H3. The summed E-state index contributed by atoms with van der Waals surface area (Å²) in [7, 11) is 0. The Morgan fingerprint density at radius 3 is 3.09 bits per heavy atom. The molecule has 0 bridgehead atoms. The van der Waals surface area contributed by atoms with Gasteiger partial charge in [-0.15, -0.1) is 0 Å². The maximum absolute atomic E-state index is 4.35. The summed E-state index contributed by atoms with van der Waals surface area (Å²) in [5, 5.41) is 3.33. The van der Waals surface area contributed by atoms with Crippen LogP contribution in [0.25, 0.3) is 0 Å².